The molecule has 3 rings (SSSR count). The van der Waals surface area contributed by atoms with Crippen molar-refractivity contribution in [3.63, 3.8) is 0 Å². The number of nitrogens with zero attached hydrogens (tertiary/aromatic N) is 2. The van der Waals surface area contributed by atoms with Gasteiger partial charge in [0.25, 0.3) is 5.91 Å². The Morgan fingerprint density at radius 1 is 1.10 bits per heavy atom. The van der Waals surface area contributed by atoms with Gasteiger partial charge in [0.2, 0.25) is 6.10 Å². The largest absolute Gasteiger partial charge is 0.443 e. The molecule has 1 fully saturated rings. The van der Waals surface area contributed by atoms with E-state index in [2.05, 4.69) is 0 Å². The maximum absolute atomic E-state index is 13.0. The molecule has 1 amide bonds. The summed E-state index contributed by atoms with van der Waals surface area (Å²) in [5, 5.41) is 9.45. The summed E-state index contributed by atoms with van der Waals surface area (Å²) in [6.45, 7) is 3.71. The molecule has 1 saturated heterocycles. The van der Waals surface area contributed by atoms with Gasteiger partial charge in [-0.05, 0) is 18.6 Å². The Labute approximate surface area is 170 Å². The third kappa shape index (κ3) is 5.31. The van der Waals surface area contributed by atoms with Gasteiger partial charge >= 0.3 is 5.97 Å². The number of esters is 1. The lowest BCUT2D eigenvalue weighted by Gasteiger charge is -2.30. The van der Waals surface area contributed by atoms with E-state index >= 15 is 0 Å². The van der Waals surface area contributed by atoms with Crippen LogP contribution in [0.5, 0.6) is 0 Å². The summed E-state index contributed by atoms with van der Waals surface area (Å²) in [7, 11) is 0. The quantitative estimate of drug-likeness (QED) is 0.445. The van der Waals surface area contributed by atoms with Crippen molar-refractivity contribution in [3.8, 4) is 6.07 Å². The van der Waals surface area contributed by atoms with Crippen LogP contribution < -0.4 is 0 Å². The maximum Gasteiger partial charge on any atom is 0.350 e. The van der Waals surface area contributed by atoms with Gasteiger partial charge in [0.1, 0.15) is 11.6 Å². The summed E-state index contributed by atoms with van der Waals surface area (Å²) in [5.41, 5.74) is 2.18. The van der Waals surface area contributed by atoms with Gasteiger partial charge in [-0.25, -0.2) is 4.79 Å². The molecule has 6 heteroatoms. The number of ether oxygens (including phenoxy) is 2. The van der Waals surface area contributed by atoms with Gasteiger partial charge in [0.15, 0.2) is 0 Å². The summed E-state index contributed by atoms with van der Waals surface area (Å²) in [4.78, 5) is 27.4. The van der Waals surface area contributed by atoms with E-state index in [-0.39, 0.29) is 11.5 Å². The Morgan fingerprint density at radius 3 is 2.38 bits per heavy atom. The van der Waals surface area contributed by atoms with E-state index in [0.717, 1.165) is 5.56 Å². The maximum atomic E-state index is 13.0. The molecule has 0 saturated carbocycles. The van der Waals surface area contributed by atoms with Crippen LogP contribution in [0.25, 0.3) is 6.08 Å². The number of benzene rings is 2. The Bertz CT molecular complexity index is 924. The fraction of sp³-hybridized carbons (Fsp3) is 0.261. The second-order valence-electron chi connectivity index (χ2n) is 6.71. The predicted octanol–water partition coefficient (Wildman–Crippen LogP) is 3.05. The number of morpholine rings is 1. The fourth-order valence-electron chi connectivity index (χ4n) is 2.98. The molecule has 29 heavy (non-hydrogen) atoms. The zero-order chi connectivity index (χ0) is 20.6. The Hall–Kier alpha value is -3.43. The normalized spacial score (nSPS) is 15.3. The van der Waals surface area contributed by atoms with E-state index in [9.17, 15) is 14.9 Å². The van der Waals surface area contributed by atoms with Crippen LogP contribution in [-0.4, -0.2) is 43.1 Å². The first-order valence-electron chi connectivity index (χ1n) is 9.39. The lowest BCUT2D eigenvalue weighted by Crippen LogP contribution is -2.44. The van der Waals surface area contributed by atoms with Gasteiger partial charge < -0.3 is 14.4 Å². The number of carbonyl (C=O) groups excluding carboxylic acids is 2. The second-order valence-corrected chi connectivity index (χ2v) is 6.71. The summed E-state index contributed by atoms with van der Waals surface area (Å²) >= 11 is 0. The topological polar surface area (TPSA) is 79.6 Å². The van der Waals surface area contributed by atoms with Crippen LogP contribution in [-0.2, 0) is 19.1 Å². The minimum atomic E-state index is -1.11. The number of amides is 1. The molecule has 1 aliphatic heterocycles. The average Bonchev–Trinajstić information content (AvgIpc) is 2.77. The minimum absolute atomic E-state index is 0.162. The highest BCUT2D eigenvalue weighted by atomic mass is 16.5. The summed E-state index contributed by atoms with van der Waals surface area (Å²) in [6.07, 6.45) is 0.347. The molecule has 0 N–H and O–H groups in total. The lowest BCUT2D eigenvalue weighted by atomic mass is 10.1. The van der Waals surface area contributed by atoms with Gasteiger partial charge in [-0.15, -0.1) is 0 Å². The molecule has 0 radical (unpaired) electrons. The first kappa shape index (κ1) is 20.3. The molecule has 0 aliphatic carbocycles. The Morgan fingerprint density at radius 2 is 1.76 bits per heavy atom. The van der Waals surface area contributed by atoms with Crippen molar-refractivity contribution in [1.29, 1.82) is 5.26 Å². The van der Waals surface area contributed by atoms with Gasteiger partial charge in [-0.3, -0.25) is 4.79 Å². The number of aryl methyl sites for hydroxylation is 1. The Balaban J connectivity index is 1.84. The highest BCUT2D eigenvalue weighted by Gasteiger charge is 2.31. The first-order valence-corrected chi connectivity index (χ1v) is 9.39. The van der Waals surface area contributed by atoms with Gasteiger partial charge in [0.05, 0.1) is 13.2 Å². The molecule has 148 valence electrons. The zero-order valence-electron chi connectivity index (χ0n) is 16.2. The van der Waals surface area contributed by atoms with Crippen molar-refractivity contribution in [3.05, 3.63) is 76.9 Å². The van der Waals surface area contributed by atoms with Crippen LogP contribution in [0.1, 0.15) is 22.8 Å². The lowest BCUT2D eigenvalue weighted by molar-refractivity contribution is -0.159. The van der Waals surface area contributed by atoms with Crippen molar-refractivity contribution in [2.24, 2.45) is 0 Å². The third-order valence-corrected chi connectivity index (χ3v) is 4.60. The zero-order valence-corrected chi connectivity index (χ0v) is 16.2. The van der Waals surface area contributed by atoms with Gasteiger partial charge in [0, 0.05) is 18.7 Å². The second kappa shape index (κ2) is 9.67. The molecular weight excluding hydrogens is 368 g/mol. The van der Waals surface area contributed by atoms with Gasteiger partial charge in [-0.1, -0.05) is 60.2 Å². The van der Waals surface area contributed by atoms with E-state index in [1.165, 1.54) is 6.08 Å². The SMILES string of the molecule is Cc1ccc(/C=C(\C#N)C(=O)O[C@H](C(=O)N2CCOCC2)c2ccccc2)cc1. The molecule has 6 nitrogen and oxygen atoms in total. The Kier molecular flexibility index (Phi) is 6.77. The number of rotatable bonds is 5. The van der Waals surface area contributed by atoms with Crippen molar-refractivity contribution >= 4 is 18.0 Å². The highest BCUT2D eigenvalue weighted by molar-refractivity contribution is 5.99. The van der Waals surface area contributed by atoms with E-state index in [1.807, 2.05) is 43.3 Å². The molecule has 1 atom stereocenters. The monoisotopic (exact) mass is 390 g/mol. The molecule has 1 aliphatic rings. The van der Waals surface area contributed by atoms with E-state index in [1.54, 1.807) is 29.2 Å². The summed E-state index contributed by atoms with van der Waals surface area (Å²) in [5.74, 6) is -1.15. The predicted molar refractivity (Wildman–Crippen MR) is 107 cm³/mol. The number of hydrogen-bond donors (Lipinski definition) is 0. The number of nitriles is 1. The molecule has 0 spiro atoms. The van der Waals surface area contributed by atoms with Crippen molar-refractivity contribution in [2.75, 3.05) is 26.3 Å². The third-order valence-electron chi connectivity index (χ3n) is 4.60. The van der Waals surface area contributed by atoms with Crippen molar-refractivity contribution in [2.45, 2.75) is 13.0 Å². The molecule has 0 bridgehead atoms. The van der Waals surface area contributed by atoms with Crippen LogP contribution >= 0.6 is 0 Å². The van der Waals surface area contributed by atoms with E-state index in [0.29, 0.717) is 37.4 Å². The van der Waals surface area contributed by atoms with E-state index in [4.69, 9.17) is 9.47 Å². The smallest absolute Gasteiger partial charge is 0.350 e. The van der Waals surface area contributed by atoms with Crippen LogP contribution in [0.15, 0.2) is 60.2 Å². The van der Waals surface area contributed by atoms with Crippen molar-refractivity contribution in [1.82, 2.24) is 4.90 Å². The fourth-order valence-corrected chi connectivity index (χ4v) is 2.98. The molecule has 1 heterocycles. The van der Waals surface area contributed by atoms with Crippen LogP contribution in [0, 0.1) is 18.3 Å². The standard InChI is InChI=1S/C23H22N2O4/c1-17-7-9-18(10-8-17)15-20(16-24)23(27)29-21(19-5-3-2-4-6-19)22(26)25-11-13-28-14-12-25/h2-10,15,21H,11-14H2,1H3/b20-15+/t21-/m0/s1. The van der Waals surface area contributed by atoms with Crippen LogP contribution in [0.4, 0.5) is 0 Å². The minimum Gasteiger partial charge on any atom is -0.443 e. The number of hydrogen-bond acceptors (Lipinski definition) is 5. The van der Waals surface area contributed by atoms with Gasteiger partial charge in [-0.2, -0.15) is 5.26 Å². The highest BCUT2D eigenvalue weighted by Crippen LogP contribution is 2.23. The summed E-state index contributed by atoms with van der Waals surface area (Å²) < 4.78 is 10.8. The molecular formula is C23H22N2O4. The molecule has 2 aromatic rings. The summed E-state index contributed by atoms with van der Waals surface area (Å²) in [6, 6.07) is 18.1. The van der Waals surface area contributed by atoms with Crippen LogP contribution in [0.2, 0.25) is 0 Å². The van der Waals surface area contributed by atoms with E-state index < -0.39 is 12.1 Å². The average molecular weight is 390 g/mol. The first-order chi connectivity index (χ1) is 14.1. The van der Waals surface area contributed by atoms with Crippen LogP contribution in [0.3, 0.4) is 0 Å². The molecule has 0 aromatic heterocycles. The molecule has 0 unspecified atom stereocenters. The van der Waals surface area contributed by atoms with Crippen molar-refractivity contribution < 1.29 is 19.1 Å². The molecule has 2 aromatic carbocycles. The number of carbonyl (C=O) groups is 2.